The van der Waals surface area contributed by atoms with Gasteiger partial charge in [-0.1, -0.05) is 18.2 Å². The summed E-state index contributed by atoms with van der Waals surface area (Å²) in [5.74, 6) is 0. The van der Waals surface area contributed by atoms with Crippen molar-refractivity contribution in [3.8, 4) is 0 Å². The Kier molecular flexibility index (Phi) is 2.00. The first-order valence-corrected chi connectivity index (χ1v) is 4.09. The molecule has 2 rings (SSSR count). The van der Waals surface area contributed by atoms with Crippen molar-refractivity contribution in [2.45, 2.75) is 6.92 Å². The average Bonchev–Trinajstić information content (AvgIpc) is 2.53. The molecule has 0 fully saturated rings. The zero-order valence-electron chi connectivity index (χ0n) is 7.32. The molecule has 13 heavy (non-hydrogen) atoms. The third-order valence-corrected chi connectivity index (χ3v) is 1.64. The molecule has 0 radical (unpaired) electrons. The van der Waals surface area contributed by atoms with E-state index in [1.54, 1.807) is 6.26 Å². The largest absolute Gasteiger partial charge is 0.432 e. The Labute approximate surface area is 76.4 Å². The number of anilines is 2. The van der Waals surface area contributed by atoms with Gasteiger partial charge in [-0.3, -0.25) is 0 Å². The van der Waals surface area contributed by atoms with Gasteiger partial charge in [-0.05, 0) is 19.1 Å². The monoisotopic (exact) mass is 174 g/mol. The second kappa shape index (κ2) is 3.31. The lowest BCUT2D eigenvalue weighted by atomic mass is 10.3. The Morgan fingerprint density at radius 2 is 2.00 bits per heavy atom. The quantitative estimate of drug-likeness (QED) is 0.760. The fourth-order valence-electron chi connectivity index (χ4n) is 1.06. The van der Waals surface area contributed by atoms with Crippen molar-refractivity contribution in [2.24, 2.45) is 0 Å². The number of nitrogens with one attached hydrogen (secondary N) is 1. The summed E-state index contributed by atoms with van der Waals surface area (Å²) in [5.41, 5.74) is 1.85. The van der Waals surface area contributed by atoms with E-state index >= 15 is 0 Å². The molecule has 0 saturated carbocycles. The predicted octanol–water partition coefficient (Wildman–Crippen LogP) is 2.73. The molecule has 3 heteroatoms. The first kappa shape index (κ1) is 7.86. The maximum absolute atomic E-state index is 5.15. The first-order valence-electron chi connectivity index (χ1n) is 4.09. The van der Waals surface area contributed by atoms with Gasteiger partial charge in [0, 0.05) is 5.69 Å². The summed E-state index contributed by atoms with van der Waals surface area (Å²) in [6, 6.07) is 10.3. The summed E-state index contributed by atoms with van der Waals surface area (Å²) < 4.78 is 5.15. The lowest BCUT2D eigenvalue weighted by molar-refractivity contribution is 0.577. The molecule has 0 bridgehead atoms. The van der Waals surface area contributed by atoms with E-state index in [1.165, 1.54) is 0 Å². The zero-order valence-corrected chi connectivity index (χ0v) is 7.32. The van der Waals surface area contributed by atoms with Crippen molar-refractivity contribution in [3.63, 3.8) is 0 Å². The third-order valence-electron chi connectivity index (χ3n) is 1.64. The van der Waals surface area contributed by atoms with Crippen molar-refractivity contribution in [3.05, 3.63) is 42.3 Å². The summed E-state index contributed by atoms with van der Waals surface area (Å²) in [5, 5.41) is 3.05. The number of para-hydroxylation sites is 1. The Morgan fingerprint density at radius 3 is 2.62 bits per heavy atom. The fourth-order valence-corrected chi connectivity index (χ4v) is 1.06. The highest BCUT2D eigenvalue weighted by Crippen LogP contribution is 2.14. The standard InChI is InChI=1S/C10H10N2O/c1-8-7-13-10(11-8)12-9-5-3-2-4-6-9/h2-7H,1H3,(H,11,12). The molecule has 1 heterocycles. The molecule has 1 aromatic heterocycles. The number of aromatic nitrogens is 1. The van der Waals surface area contributed by atoms with Crippen LogP contribution in [-0.2, 0) is 0 Å². The molecule has 0 unspecified atom stereocenters. The molecule has 1 N–H and O–H groups in total. The SMILES string of the molecule is Cc1coc(Nc2ccccc2)n1. The second-order valence-corrected chi connectivity index (χ2v) is 2.79. The molecule has 0 aliphatic carbocycles. The highest BCUT2D eigenvalue weighted by atomic mass is 16.4. The molecule has 0 spiro atoms. The van der Waals surface area contributed by atoms with E-state index in [9.17, 15) is 0 Å². The Bertz CT molecular complexity index is 381. The van der Waals surface area contributed by atoms with Crippen LogP contribution >= 0.6 is 0 Å². The molecule has 0 atom stereocenters. The molecule has 0 amide bonds. The van der Waals surface area contributed by atoms with Gasteiger partial charge in [0.15, 0.2) is 0 Å². The number of oxazole rings is 1. The fraction of sp³-hybridized carbons (Fsp3) is 0.100. The van der Waals surface area contributed by atoms with Crippen LogP contribution in [0.1, 0.15) is 5.69 Å². The lowest BCUT2D eigenvalue weighted by Crippen LogP contribution is -1.89. The van der Waals surface area contributed by atoms with E-state index < -0.39 is 0 Å². The number of hydrogen-bond donors (Lipinski definition) is 1. The topological polar surface area (TPSA) is 38.1 Å². The van der Waals surface area contributed by atoms with Gasteiger partial charge in [-0.15, -0.1) is 0 Å². The number of benzene rings is 1. The Morgan fingerprint density at radius 1 is 1.23 bits per heavy atom. The number of nitrogens with zero attached hydrogens (tertiary/aromatic N) is 1. The Hall–Kier alpha value is -1.77. The molecule has 0 aliphatic heterocycles. The molecule has 1 aromatic carbocycles. The van der Waals surface area contributed by atoms with E-state index in [2.05, 4.69) is 10.3 Å². The van der Waals surface area contributed by atoms with Crippen LogP contribution in [0.5, 0.6) is 0 Å². The maximum atomic E-state index is 5.15. The van der Waals surface area contributed by atoms with Gasteiger partial charge in [-0.25, -0.2) is 0 Å². The van der Waals surface area contributed by atoms with Crippen molar-refractivity contribution < 1.29 is 4.42 Å². The van der Waals surface area contributed by atoms with Crippen molar-refractivity contribution in [2.75, 3.05) is 5.32 Å². The third kappa shape index (κ3) is 1.87. The maximum Gasteiger partial charge on any atom is 0.299 e. The van der Waals surface area contributed by atoms with Gasteiger partial charge in [-0.2, -0.15) is 4.98 Å². The molecule has 3 nitrogen and oxygen atoms in total. The number of hydrogen-bond acceptors (Lipinski definition) is 3. The minimum absolute atomic E-state index is 0.531. The molecule has 66 valence electrons. The first-order chi connectivity index (χ1) is 6.34. The van der Waals surface area contributed by atoms with Gasteiger partial charge in [0.25, 0.3) is 6.01 Å². The van der Waals surface area contributed by atoms with E-state index in [4.69, 9.17) is 4.42 Å². The van der Waals surface area contributed by atoms with Gasteiger partial charge in [0.2, 0.25) is 0 Å². The van der Waals surface area contributed by atoms with Crippen LogP contribution in [-0.4, -0.2) is 4.98 Å². The van der Waals surface area contributed by atoms with E-state index in [1.807, 2.05) is 37.3 Å². The zero-order chi connectivity index (χ0) is 9.10. The summed E-state index contributed by atoms with van der Waals surface area (Å²) in [7, 11) is 0. The van der Waals surface area contributed by atoms with Crippen LogP contribution < -0.4 is 5.32 Å². The van der Waals surface area contributed by atoms with Crippen LogP contribution in [0.25, 0.3) is 0 Å². The van der Waals surface area contributed by atoms with Crippen molar-refractivity contribution >= 4 is 11.7 Å². The molecular weight excluding hydrogens is 164 g/mol. The average molecular weight is 174 g/mol. The highest BCUT2D eigenvalue weighted by molar-refractivity contribution is 5.51. The van der Waals surface area contributed by atoms with Gasteiger partial charge in [0.1, 0.15) is 6.26 Å². The minimum Gasteiger partial charge on any atom is -0.432 e. The molecule has 0 aliphatic rings. The van der Waals surface area contributed by atoms with Gasteiger partial charge in [0.05, 0.1) is 5.69 Å². The summed E-state index contributed by atoms with van der Waals surface area (Å²) in [6.45, 7) is 1.89. The molecular formula is C10H10N2O. The predicted molar refractivity (Wildman–Crippen MR) is 51.0 cm³/mol. The highest BCUT2D eigenvalue weighted by Gasteiger charge is 1.98. The summed E-state index contributed by atoms with van der Waals surface area (Å²) >= 11 is 0. The van der Waals surface area contributed by atoms with Gasteiger partial charge >= 0.3 is 0 Å². The van der Waals surface area contributed by atoms with Crippen LogP contribution in [0.4, 0.5) is 11.7 Å². The van der Waals surface area contributed by atoms with Crippen LogP contribution in [0, 0.1) is 6.92 Å². The summed E-state index contributed by atoms with van der Waals surface area (Å²) in [4.78, 5) is 4.13. The number of aryl methyl sites for hydroxylation is 1. The Balaban J connectivity index is 2.15. The number of rotatable bonds is 2. The van der Waals surface area contributed by atoms with Crippen LogP contribution in [0.15, 0.2) is 41.0 Å². The minimum atomic E-state index is 0.531. The van der Waals surface area contributed by atoms with Crippen molar-refractivity contribution in [1.82, 2.24) is 4.98 Å². The van der Waals surface area contributed by atoms with E-state index in [0.29, 0.717) is 6.01 Å². The molecule has 0 saturated heterocycles. The van der Waals surface area contributed by atoms with Crippen LogP contribution in [0.2, 0.25) is 0 Å². The summed E-state index contributed by atoms with van der Waals surface area (Å²) in [6.07, 6.45) is 1.62. The van der Waals surface area contributed by atoms with Gasteiger partial charge < -0.3 is 9.73 Å². The van der Waals surface area contributed by atoms with Crippen molar-refractivity contribution in [1.29, 1.82) is 0 Å². The van der Waals surface area contributed by atoms with E-state index in [-0.39, 0.29) is 0 Å². The molecule has 2 aromatic rings. The van der Waals surface area contributed by atoms with E-state index in [0.717, 1.165) is 11.4 Å². The normalized spacial score (nSPS) is 9.92. The lowest BCUT2D eigenvalue weighted by Gasteiger charge is -1.98. The second-order valence-electron chi connectivity index (χ2n) is 2.79. The smallest absolute Gasteiger partial charge is 0.299 e. The van der Waals surface area contributed by atoms with Crippen LogP contribution in [0.3, 0.4) is 0 Å².